The minimum absolute atomic E-state index is 0.0809. The van der Waals surface area contributed by atoms with Crippen molar-refractivity contribution in [2.75, 3.05) is 32.8 Å². The maximum absolute atomic E-state index is 12.6. The van der Waals surface area contributed by atoms with Crippen molar-refractivity contribution in [2.24, 2.45) is 0 Å². The summed E-state index contributed by atoms with van der Waals surface area (Å²) in [6, 6.07) is 3.35. The van der Waals surface area contributed by atoms with Crippen molar-refractivity contribution in [2.45, 2.75) is 11.8 Å². The van der Waals surface area contributed by atoms with Crippen LogP contribution in [0.2, 0.25) is 5.02 Å². The molecule has 0 aromatic heterocycles. The Labute approximate surface area is 143 Å². The number of hydrogen-bond acceptors (Lipinski definition) is 6. The molecule has 0 atom stereocenters. The summed E-state index contributed by atoms with van der Waals surface area (Å²) < 4.78 is 31.3. The van der Waals surface area contributed by atoms with E-state index in [9.17, 15) is 23.3 Å². The maximum atomic E-state index is 12.6. The number of rotatable bonds is 4. The topological polar surface area (TPSA) is 110 Å². The quantitative estimate of drug-likeness (QED) is 0.583. The van der Waals surface area contributed by atoms with E-state index >= 15 is 0 Å². The summed E-state index contributed by atoms with van der Waals surface area (Å²) in [7, 11) is -3.90. The van der Waals surface area contributed by atoms with E-state index in [2.05, 4.69) is 0 Å². The van der Waals surface area contributed by atoms with Crippen LogP contribution in [0.5, 0.6) is 0 Å². The Morgan fingerprint density at radius 2 is 1.96 bits per heavy atom. The number of piperazine rings is 1. The van der Waals surface area contributed by atoms with E-state index in [0.29, 0.717) is 0 Å². The molecule has 0 aliphatic carbocycles. The van der Waals surface area contributed by atoms with Gasteiger partial charge >= 0.3 is 6.09 Å². The second kappa shape index (κ2) is 7.32. The van der Waals surface area contributed by atoms with Crippen LogP contribution in [0, 0.1) is 10.1 Å². The van der Waals surface area contributed by atoms with Gasteiger partial charge in [0.05, 0.1) is 16.4 Å². The van der Waals surface area contributed by atoms with Crippen LogP contribution < -0.4 is 0 Å². The average molecular weight is 378 g/mol. The lowest BCUT2D eigenvalue weighted by atomic mass is 10.3. The van der Waals surface area contributed by atoms with Gasteiger partial charge in [-0.15, -0.1) is 0 Å². The van der Waals surface area contributed by atoms with Crippen molar-refractivity contribution in [1.82, 2.24) is 9.21 Å². The highest BCUT2D eigenvalue weighted by atomic mass is 35.5. The number of nitrogens with zero attached hydrogens (tertiary/aromatic N) is 3. The van der Waals surface area contributed by atoms with Gasteiger partial charge in [-0.25, -0.2) is 13.2 Å². The second-order valence-corrected chi connectivity index (χ2v) is 7.31. The van der Waals surface area contributed by atoms with Crippen LogP contribution in [0.3, 0.4) is 0 Å². The van der Waals surface area contributed by atoms with Gasteiger partial charge in [0.25, 0.3) is 5.69 Å². The Balaban J connectivity index is 2.16. The van der Waals surface area contributed by atoms with Crippen molar-refractivity contribution in [3.8, 4) is 0 Å². The second-order valence-electron chi connectivity index (χ2n) is 4.96. The molecule has 24 heavy (non-hydrogen) atoms. The highest BCUT2D eigenvalue weighted by Crippen LogP contribution is 2.28. The Hall–Kier alpha value is -1.91. The van der Waals surface area contributed by atoms with E-state index in [1.165, 1.54) is 21.3 Å². The van der Waals surface area contributed by atoms with Gasteiger partial charge in [-0.1, -0.05) is 11.6 Å². The van der Waals surface area contributed by atoms with Crippen LogP contribution >= 0.6 is 11.6 Å². The van der Waals surface area contributed by atoms with Crippen molar-refractivity contribution in [3.63, 3.8) is 0 Å². The minimum Gasteiger partial charge on any atom is -0.450 e. The Kier molecular flexibility index (Phi) is 5.62. The van der Waals surface area contributed by atoms with Crippen LogP contribution in [-0.2, 0) is 14.8 Å². The molecule has 1 aromatic carbocycles. The standard InChI is InChI=1S/C13H16ClN3O6S/c1-2-23-13(18)15-5-7-16(8-6-15)24(21,22)10-3-4-11(14)12(9-10)17(19)20/h3-4,9H,2,5-8H2,1H3. The first-order chi connectivity index (χ1) is 11.3. The van der Waals surface area contributed by atoms with E-state index in [1.54, 1.807) is 6.92 Å². The van der Waals surface area contributed by atoms with Crippen LogP contribution in [0.4, 0.5) is 10.5 Å². The summed E-state index contributed by atoms with van der Waals surface area (Å²) in [5.74, 6) is 0. The lowest BCUT2D eigenvalue weighted by Gasteiger charge is -2.33. The third-order valence-electron chi connectivity index (χ3n) is 3.52. The first kappa shape index (κ1) is 18.4. The maximum Gasteiger partial charge on any atom is 0.409 e. The van der Waals surface area contributed by atoms with Gasteiger partial charge in [0, 0.05) is 32.2 Å². The van der Waals surface area contributed by atoms with Crippen LogP contribution in [-0.4, -0.2) is 61.4 Å². The average Bonchev–Trinajstić information content (AvgIpc) is 2.55. The molecule has 0 radical (unpaired) electrons. The molecule has 0 unspecified atom stereocenters. The first-order valence-electron chi connectivity index (χ1n) is 7.13. The largest absolute Gasteiger partial charge is 0.450 e. The lowest BCUT2D eigenvalue weighted by molar-refractivity contribution is -0.384. The Morgan fingerprint density at radius 3 is 2.50 bits per heavy atom. The monoisotopic (exact) mass is 377 g/mol. The number of amides is 1. The van der Waals surface area contributed by atoms with E-state index in [-0.39, 0.29) is 42.7 Å². The molecule has 1 heterocycles. The fraction of sp³-hybridized carbons (Fsp3) is 0.462. The number of halogens is 1. The number of carbonyl (C=O) groups is 1. The van der Waals surface area contributed by atoms with Gasteiger partial charge in [0.1, 0.15) is 5.02 Å². The van der Waals surface area contributed by atoms with Gasteiger partial charge in [-0.05, 0) is 19.1 Å². The molecule has 132 valence electrons. The molecular weight excluding hydrogens is 362 g/mol. The number of hydrogen-bond donors (Lipinski definition) is 0. The highest BCUT2D eigenvalue weighted by molar-refractivity contribution is 7.89. The molecule has 1 aromatic rings. The number of nitro benzene ring substituents is 1. The first-order valence-corrected chi connectivity index (χ1v) is 8.95. The summed E-state index contributed by atoms with van der Waals surface area (Å²) in [6.45, 7) is 2.47. The van der Waals surface area contributed by atoms with Gasteiger partial charge < -0.3 is 9.64 Å². The molecule has 0 spiro atoms. The summed E-state index contributed by atoms with van der Waals surface area (Å²) in [4.78, 5) is 23.0. The molecule has 0 bridgehead atoms. The molecule has 1 saturated heterocycles. The van der Waals surface area contributed by atoms with E-state index in [4.69, 9.17) is 16.3 Å². The summed E-state index contributed by atoms with van der Waals surface area (Å²) >= 11 is 5.70. The van der Waals surface area contributed by atoms with Gasteiger partial charge in [0.2, 0.25) is 10.0 Å². The number of ether oxygens (including phenoxy) is 1. The highest BCUT2D eigenvalue weighted by Gasteiger charge is 2.31. The molecule has 1 amide bonds. The molecule has 1 aliphatic rings. The number of sulfonamides is 1. The van der Waals surface area contributed by atoms with Crippen molar-refractivity contribution in [3.05, 3.63) is 33.3 Å². The van der Waals surface area contributed by atoms with Crippen LogP contribution in [0.25, 0.3) is 0 Å². The molecule has 1 fully saturated rings. The lowest BCUT2D eigenvalue weighted by Crippen LogP contribution is -2.50. The van der Waals surface area contributed by atoms with Crippen LogP contribution in [0.1, 0.15) is 6.92 Å². The van der Waals surface area contributed by atoms with E-state index < -0.39 is 26.7 Å². The number of carbonyl (C=O) groups excluding carboxylic acids is 1. The Bertz CT molecular complexity index is 746. The van der Waals surface area contributed by atoms with Crippen molar-refractivity contribution in [1.29, 1.82) is 0 Å². The molecule has 11 heteroatoms. The fourth-order valence-electron chi connectivity index (χ4n) is 2.27. The molecule has 9 nitrogen and oxygen atoms in total. The predicted octanol–water partition coefficient (Wildman–Crippen LogP) is 1.71. The number of nitro groups is 1. The van der Waals surface area contributed by atoms with E-state index in [0.717, 1.165) is 6.07 Å². The summed E-state index contributed by atoms with van der Waals surface area (Å²) in [5, 5.41) is 10.8. The Morgan fingerprint density at radius 1 is 1.33 bits per heavy atom. The summed E-state index contributed by atoms with van der Waals surface area (Å²) in [5.41, 5.74) is -0.470. The molecule has 0 saturated carbocycles. The SMILES string of the molecule is CCOC(=O)N1CCN(S(=O)(=O)c2ccc(Cl)c([N+](=O)[O-])c2)CC1. The smallest absolute Gasteiger partial charge is 0.409 e. The van der Waals surface area contributed by atoms with Gasteiger partial charge in [-0.3, -0.25) is 10.1 Å². The zero-order valence-electron chi connectivity index (χ0n) is 12.8. The molecular formula is C13H16ClN3O6S. The van der Waals surface area contributed by atoms with Gasteiger partial charge in [0.15, 0.2) is 0 Å². The van der Waals surface area contributed by atoms with E-state index in [1.807, 2.05) is 0 Å². The zero-order valence-corrected chi connectivity index (χ0v) is 14.4. The molecule has 2 rings (SSSR count). The van der Waals surface area contributed by atoms with Crippen LogP contribution in [0.15, 0.2) is 23.1 Å². The normalized spacial score (nSPS) is 16.0. The third-order valence-corrected chi connectivity index (χ3v) is 5.73. The molecule has 0 N–H and O–H groups in total. The van der Waals surface area contributed by atoms with Crippen molar-refractivity contribution < 1.29 is 22.9 Å². The molecule has 1 aliphatic heterocycles. The minimum atomic E-state index is -3.90. The third kappa shape index (κ3) is 3.77. The zero-order chi connectivity index (χ0) is 17.9. The van der Waals surface area contributed by atoms with Gasteiger partial charge in [-0.2, -0.15) is 4.31 Å². The van der Waals surface area contributed by atoms with Crippen molar-refractivity contribution >= 4 is 33.4 Å². The predicted molar refractivity (Wildman–Crippen MR) is 85.5 cm³/mol. The summed E-state index contributed by atoms with van der Waals surface area (Å²) in [6.07, 6.45) is -0.489. The fourth-order valence-corrected chi connectivity index (χ4v) is 3.90. The number of benzene rings is 1.